The zero-order valence-electron chi connectivity index (χ0n) is 16.1. The van der Waals surface area contributed by atoms with Crippen molar-refractivity contribution in [2.45, 2.75) is 58.9 Å². The number of amides is 1. The molecule has 4 fully saturated rings. The molecule has 0 unspecified atom stereocenters. The van der Waals surface area contributed by atoms with E-state index in [4.69, 9.17) is 11.4 Å². The van der Waals surface area contributed by atoms with Crippen molar-refractivity contribution in [3.8, 4) is 12.3 Å². The molecule has 0 radical (unpaired) electrons. The van der Waals surface area contributed by atoms with Crippen molar-refractivity contribution < 1.29 is 4.79 Å². The first-order chi connectivity index (χ1) is 13.0. The van der Waals surface area contributed by atoms with E-state index >= 15 is 0 Å². The van der Waals surface area contributed by atoms with Crippen LogP contribution in [0.15, 0.2) is 17.1 Å². The van der Waals surface area contributed by atoms with E-state index in [0.717, 1.165) is 52.0 Å². The highest BCUT2D eigenvalue weighted by Gasteiger charge is 2.54. The number of carbonyl (C=O) groups is 1. The summed E-state index contributed by atoms with van der Waals surface area (Å²) in [4.78, 5) is 18.9. The van der Waals surface area contributed by atoms with Gasteiger partial charge in [0.25, 0.3) is 5.91 Å². The number of aromatic nitrogens is 1. The van der Waals surface area contributed by atoms with Crippen LogP contribution in [-0.4, -0.2) is 10.5 Å². The minimum atomic E-state index is -0.190. The van der Waals surface area contributed by atoms with E-state index < -0.39 is 0 Å². The topological polar surface area (TPSA) is 34.4 Å². The van der Waals surface area contributed by atoms with Crippen molar-refractivity contribution in [1.82, 2.24) is 4.57 Å². The summed E-state index contributed by atoms with van der Waals surface area (Å²) >= 11 is 1.60. The van der Waals surface area contributed by atoms with Crippen LogP contribution in [0.25, 0.3) is 10.2 Å². The van der Waals surface area contributed by atoms with Gasteiger partial charge in [0.05, 0.1) is 22.2 Å². The monoisotopic (exact) mass is 378 g/mol. The largest absolute Gasteiger partial charge is 0.305 e. The van der Waals surface area contributed by atoms with E-state index in [9.17, 15) is 4.79 Å². The molecule has 1 aromatic heterocycles. The Morgan fingerprint density at radius 3 is 2.37 bits per heavy atom. The van der Waals surface area contributed by atoms with E-state index in [1.54, 1.807) is 11.3 Å². The molecule has 4 saturated carbocycles. The Balaban J connectivity index is 1.60. The van der Waals surface area contributed by atoms with Crippen LogP contribution < -0.4 is 4.80 Å². The molecule has 1 amide bonds. The fourth-order valence-corrected chi connectivity index (χ4v) is 7.34. The van der Waals surface area contributed by atoms with E-state index in [1.807, 2.05) is 4.57 Å². The third-order valence-corrected chi connectivity index (χ3v) is 8.28. The number of hydrogen-bond acceptors (Lipinski definition) is 2. The second kappa shape index (κ2) is 6.07. The van der Waals surface area contributed by atoms with Crippen LogP contribution in [0.3, 0.4) is 0 Å². The van der Waals surface area contributed by atoms with Gasteiger partial charge in [0.15, 0.2) is 4.80 Å². The van der Waals surface area contributed by atoms with E-state index in [-0.39, 0.29) is 11.3 Å². The van der Waals surface area contributed by atoms with Gasteiger partial charge in [-0.3, -0.25) is 4.79 Å². The van der Waals surface area contributed by atoms with E-state index in [1.165, 1.54) is 30.4 Å². The zero-order valence-corrected chi connectivity index (χ0v) is 16.9. The van der Waals surface area contributed by atoms with Crippen LogP contribution >= 0.6 is 11.3 Å². The SMILES string of the molecule is C#CCn1c(=NC(=O)C23CC4CC(CC(C4)C2)C3)sc2cc(C)c(C)cc21. The second-order valence-corrected chi connectivity index (χ2v) is 10.2. The molecule has 4 heteroatoms. The summed E-state index contributed by atoms with van der Waals surface area (Å²) in [6.07, 6.45) is 12.8. The molecule has 2 aromatic rings. The molecule has 1 heterocycles. The maximum atomic E-state index is 13.4. The molecule has 6 rings (SSSR count). The Hall–Kier alpha value is -1.86. The first-order valence-electron chi connectivity index (χ1n) is 10.1. The van der Waals surface area contributed by atoms with Crippen molar-refractivity contribution in [2.24, 2.45) is 28.2 Å². The Morgan fingerprint density at radius 2 is 1.78 bits per heavy atom. The molecule has 1 aromatic carbocycles. The Kier molecular flexibility index (Phi) is 3.88. The second-order valence-electron chi connectivity index (χ2n) is 9.19. The lowest BCUT2D eigenvalue weighted by Gasteiger charge is -2.55. The van der Waals surface area contributed by atoms with Crippen LogP contribution in [-0.2, 0) is 11.3 Å². The van der Waals surface area contributed by atoms with Crippen molar-refractivity contribution in [1.29, 1.82) is 0 Å². The molecule has 0 aliphatic heterocycles. The number of hydrogen-bond donors (Lipinski definition) is 0. The Bertz CT molecular complexity index is 1010. The van der Waals surface area contributed by atoms with Gasteiger partial charge < -0.3 is 4.57 Å². The number of carbonyl (C=O) groups excluding carboxylic acids is 1. The molecule has 4 bridgehead atoms. The molecule has 140 valence electrons. The number of benzene rings is 1. The molecule has 0 N–H and O–H groups in total. The summed E-state index contributed by atoms with van der Waals surface area (Å²) in [5.41, 5.74) is 3.41. The van der Waals surface area contributed by atoms with Crippen LogP contribution in [0, 0.1) is 49.4 Å². The summed E-state index contributed by atoms with van der Waals surface area (Å²) in [5.74, 6) is 5.11. The normalized spacial score (nSPS) is 32.2. The van der Waals surface area contributed by atoms with Gasteiger partial charge in [-0.1, -0.05) is 17.3 Å². The summed E-state index contributed by atoms with van der Waals surface area (Å²) in [5, 5.41) is 0. The molecule has 0 spiro atoms. The van der Waals surface area contributed by atoms with Gasteiger partial charge in [-0.05, 0) is 93.4 Å². The Labute approximate surface area is 164 Å². The Morgan fingerprint density at radius 1 is 1.19 bits per heavy atom. The van der Waals surface area contributed by atoms with Crippen molar-refractivity contribution >= 4 is 27.5 Å². The third kappa shape index (κ3) is 2.70. The third-order valence-electron chi connectivity index (χ3n) is 7.24. The van der Waals surface area contributed by atoms with Gasteiger partial charge in [-0.15, -0.1) is 6.42 Å². The lowest BCUT2D eigenvalue weighted by molar-refractivity contribution is -0.142. The van der Waals surface area contributed by atoms with Crippen molar-refractivity contribution in [3.05, 3.63) is 28.1 Å². The minimum Gasteiger partial charge on any atom is -0.305 e. The highest BCUT2D eigenvalue weighted by Crippen LogP contribution is 2.60. The van der Waals surface area contributed by atoms with Crippen LogP contribution in [0.4, 0.5) is 0 Å². The van der Waals surface area contributed by atoms with Gasteiger partial charge in [0, 0.05) is 0 Å². The number of rotatable bonds is 2. The fourth-order valence-electron chi connectivity index (χ4n) is 6.23. The van der Waals surface area contributed by atoms with Gasteiger partial charge in [-0.2, -0.15) is 4.99 Å². The first-order valence-corrected chi connectivity index (χ1v) is 10.9. The maximum absolute atomic E-state index is 13.4. The molecular formula is C23H26N2OS. The summed E-state index contributed by atoms with van der Waals surface area (Å²) < 4.78 is 3.20. The average molecular weight is 379 g/mol. The van der Waals surface area contributed by atoms with Crippen molar-refractivity contribution in [3.63, 3.8) is 0 Å². The van der Waals surface area contributed by atoms with Gasteiger partial charge in [-0.25, -0.2) is 0 Å². The molecule has 0 atom stereocenters. The van der Waals surface area contributed by atoms with Crippen LogP contribution in [0.5, 0.6) is 0 Å². The molecular weight excluding hydrogens is 352 g/mol. The number of thiazole rings is 1. The van der Waals surface area contributed by atoms with Crippen LogP contribution in [0.2, 0.25) is 0 Å². The number of fused-ring (bicyclic) bond motifs is 1. The zero-order chi connectivity index (χ0) is 18.8. The predicted octanol–water partition coefficient (Wildman–Crippen LogP) is 4.60. The smallest absolute Gasteiger partial charge is 0.254 e. The van der Waals surface area contributed by atoms with E-state index in [2.05, 4.69) is 31.9 Å². The summed E-state index contributed by atoms with van der Waals surface area (Å²) in [6, 6.07) is 4.36. The van der Waals surface area contributed by atoms with Crippen LogP contribution in [0.1, 0.15) is 49.7 Å². The average Bonchev–Trinajstić information content (AvgIpc) is 2.91. The maximum Gasteiger partial charge on any atom is 0.254 e. The molecule has 0 saturated heterocycles. The molecule has 27 heavy (non-hydrogen) atoms. The highest BCUT2D eigenvalue weighted by molar-refractivity contribution is 7.16. The number of terminal acetylenes is 1. The van der Waals surface area contributed by atoms with Crippen molar-refractivity contribution in [2.75, 3.05) is 0 Å². The standard InChI is InChI=1S/C23H26N2OS/c1-4-5-25-19-6-14(2)15(3)7-20(19)27-22(25)24-21(26)23-11-16-8-17(12-23)10-18(9-16)13-23/h1,6-7,16-18H,5,8-13H2,2-3H3. The number of nitrogens with zero attached hydrogens (tertiary/aromatic N) is 2. The van der Waals surface area contributed by atoms with Gasteiger partial charge >= 0.3 is 0 Å². The number of aryl methyl sites for hydroxylation is 2. The highest BCUT2D eigenvalue weighted by atomic mass is 32.1. The first kappa shape index (κ1) is 17.3. The molecule has 4 aliphatic carbocycles. The molecule has 4 aliphatic rings. The molecule has 3 nitrogen and oxygen atoms in total. The lowest BCUT2D eigenvalue weighted by atomic mass is 9.49. The lowest BCUT2D eigenvalue weighted by Crippen LogP contribution is -2.49. The summed E-state index contributed by atoms with van der Waals surface area (Å²) in [7, 11) is 0. The fraction of sp³-hybridized carbons (Fsp3) is 0.565. The minimum absolute atomic E-state index is 0.118. The quantitative estimate of drug-likeness (QED) is 0.704. The van der Waals surface area contributed by atoms with Gasteiger partial charge in [0.2, 0.25) is 0 Å². The predicted molar refractivity (Wildman–Crippen MR) is 109 cm³/mol. The van der Waals surface area contributed by atoms with Gasteiger partial charge in [0.1, 0.15) is 0 Å². The van der Waals surface area contributed by atoms with E-state index in [0.29, 0.717) is 6.54 Å². The summed E-state index contributed by atoms with van der Waals surface area (Å²) in [6.45, 7) is 4.69.